The minimum atomic E-state index is -3.66. The molecular formula is C13H19N3O3S. The van der Waals surface area contributed by atoms with Crippen molar-refractivity contribution >= 4 is 21.6 Å². The lowest BCUT2D eigenvalue weighted by molar-refractivity contribution is -0.132. The number of aryl methyl sites for hydroxylation is 1. The van der Waals surface area contributed by atoms with Crippen LogP contribution in [-0.2, 0) is 21.2 Å². The van der Waals surface area contributed by atoms with E-state index >= 15 is 0 Å². The van der Waals surface area contributed by atoms with Crippen molar-refractivity contribution in [3.05, 3.63) is 23.8 Å². The third-order valence-corrected chi connectivity index (χ3v) is 5.40. The molecule has 6 nitrogen and oxygen atoms in total. The summed E-state index contributed by atoms with van der Waals surface area (Å²) in [6.45, 7) is 2.55. The van der Waals surface area contributed by atoms with Crippen LogP contribution in [0, 0.1) is 0 Å². The zero-order valence-corrected chi connectivity index (χ0v) is 12.5. The monoisotopic (exact) mass is 297 g/mol. The van der Waals surface area contributed by atoms with Gasteiger partial charge in [0.1, 0.15) is 0 Å². The molecule has 1 saturated heterocycles. The van der Waals surface area contributed by atoms with Crippen molar-refractivity contribution in [3.8, 4) is 0 Å². The molecule has 0 radical (unpaired) electrons. The van der Waals surface area contributed by atoms with Crippen molar-refractivity contribution < 1.29 is 13.2 Å². The third kappa shape index (κ3) is 2.64. The summed E-state index contributed by atoms with van der Waals surface area (Å²) in [6, 6.07) is 4.74. The van der Waals surface area contributed by atoms with E-state index in [1.807, 2.05) is 6.92 Å². The maximum Gasteiger partial charge on any atom is 0.243 e. The molecule has 20 heavy (non-hydrogen) atoms. The van der Waals surface area contributed by atoms with E-state index in [0.29, 0.717) is 18.8 Å². The Hall–Kier alpha value is -1.60. The Kier molecular flexibility index (Phi) is 4.01. The number of hydrogen-bond donors (Lipinski definition) is 1. The van der Waals surface area contributed by atoms with Crippen molar-refractivity contribution in [2.75, 3.05) is 32.4 Å². The van der Waals surface area contributed by atoms with Gasteiger partial charge in [0.05, 0.1) is 11.4 Å². The molecule has 110 valence electrons. The van der Waals surface area contributed by atoms with Crippen LogP contribution in [0.3, 0.4) is 0 Å². The van der Waals surface area contributed by atoms with Crippen molar-refractivity contribution in [3.63, 3.8) is 0 Å². The summed E-state index contributed by atoms with van der Waals surface area (Å²) in [5.74, 6) is -0.196. The summed E-state index contributed by atoms with van der Waals surface area (Å²) in [5, 5.41) is 0. The number of carbonyl (C=O) groups is 1. The SMILES string of the molecule is CCc1ccc(S(=O)(=O)N2CCN(C)C(=O)C2)cc1N. The number of carbonyl (C=O) groups excluding carboxylic acids is 1. The van der Waals surface area contributed by atoms with Crippen molar-refractivity contribution in [2.24, 2.45) is 0 Å². The first-order valence-electron chi connectivity index (χ1n) is 6.48. The molecule has 0 saturated carbocycles. The highest BCUT2D eigenvalue weighted by Crippen LogP contribution is 2.22. The van der Waals surface area contributed by atoms with Crippen LogP contribution in [0.5, 0.6) is 0 Å². The van der Waals surface area contributed by atoms with Crippen molar-refractivity contribution in [1.82, 2.24) is 9.21 Å². The van der Waals surface area contributed by atoms with Gasteiger partial charge in [-0.1, -0.05) is 13.0 Å². The number of piperazine rings is 1. The molecule has 0 unspecified atom stereocenters. The predicted octanol–water partition coefficient (Wildman–Crippen LogP) is 0.294. The molecule has 0 bridgehead atoms. The van der Waals surface area contributed by atoms with Gasteiger partial charge in [-0.3, -0.25) is 4.79 Å². The lowest BCUT2D eigenvalue weighted by atomic mass is 10.1. The molecule has 1 aromatic carbocycles. The summed E-state index contributed by atoms with van der Waals surface area (Å²) in [5.41, 5.74) is 7.23. The van der Waals surface area contributed by atoms with Gasteiger partial charge < -0.3 is 10.6 Å². The molecule has 0 atom stereocenters. The van der Waals surface area contributed by atoms with Gasteiger partial charge in [0, 0.05) is 25.8 Å². The molecule has 1 heterocycles. The minimum Gasteiger partial charge on any atom is -0.398 e. The maximum absolute atomic E-state index is 12.5. The standard InChI is InChI=1S/C13H19N3O3S/c1-3-10-4-5-11(8-12(10)14)20(18,19)16-7-6-15(2)13(17)9-16/h4-5,8H,3,6-7,9,14H2,1-2H3. The number of rotatable bonds is 3. The second kappa shape index (κ2) is 5.41. The molecule has 0 spiro atoms. The third-order valence-electron chi connectivity index (χ3n) is 3.56. The van der Waals surface area contributed by atoms with Gasteiger partial charge in [-0.25, -0.2) is 8.42 Å². The molecule has 1 amide bonds. The van der Waals surface area contributed by atoms with Gasteiger partial charge >= 0.3 is 0 Å². The highest BCUT2D eigenvalue weighted by molar-refractivity contribution is 7.89. The van der Waals surface area contributed by atoms with Crippen LogP contribution in [0.25, 0.3) is 0 Å². The van der Waals surface area contributed by atoms with Gasteiger partial charge in [-0.15, -0.1) is 0 Å². The highest BCUT2D eigenvalue weighted by atomic mass is 32.2. The molecule has 1 aromatic rings. The Morgan fingerprint density at radius 3 is 2.55 bits per heavy atom. The Morgan fingerprint density at radius 2 is 2.00 bits per heavy atom. The number of anilines is 1. The van der Waals surface area contributed by atoms with E-state index in [1.54, 1.807) is 19.2 Å². The molecule has 7 heteroatoms. The van der Waals surface area contributed by atoms with E-state index in [2.05, 4.69) is 0 Å². The fourth-order valence-electron chi connectivity index (χ4n) is 2.15. The van der Waals surface area contributed by atoms with Crippen LogP contribution >= 0.6 is 0 Å². The molecule has 0 aliphatic carbocycles. The van der Waals surface area contributed by atoms with Crippen LogP contribution in [-0.4, -0.2) is 50.2 Å². The minimum absolute atomic E-state index is 0.117. The molecule has 1 aliphatic heterocycles. The van der Waals surface area contributed by atoms with E-state index in [-0.39, 0.29) is 17.3 Å². The van der Waals surface area contributed by atoms with Crippen LogP contribution < -0.4 is 5.73 Å². The van der Waals surface area contributed by atoms with Crippen LogP contribution in [0.4, 0.5) is 5.69 Å². The topological polar surface area (TPSA) is 83.7 Å². The predicted molar refractivity (Wildman–Crippen MR) is 76.6 cm³/mol. The Labute approximate surface area is 119 Å². The molecule has 0 aromatic heterocycles. The van der Waals surface area contributed by atoms with E-state index in [4.69, 9.17) is 5.73 Å². The Balaban J connectivity index is 2.31. The quantitative estimate of drug-likeness (QED) is 0.813. The molecule has 1 fully saturated rings. The average Bonchev–Trinajstić information content (AvgIpc) is 2.41. The van der Waals surface area contributed by atoms with Gasteiger partial charge in [0.2, 0.25) is 15.9 Å². The van der Waals surface area contributed by atoms with Crippen molar-refractivity contribution in [2.45, 2.75) is 18.2 Å². The number of benzene rings is 1. The van der Waals surface area contributed by atoms with Crippen molar-refractivity contribution in [1.29, 1.82) is 0 Å². The van der Waals surface area contributed by atoms with Crippen LogP contribution in [0.1, 0.15) is 12.5 Å². The number of hydrogen-bond acceptors (Lipinski definition) is 4. The molecular weight excluding hydrogens is 278 g/mol. The normalized spacial score (nSPS) is 17.5. The first-order chi connectivity index (χ1) is 9.36. The first kappa shape index (κ1) is 14.8. The number of nitrogen functional groups attached to an aromatic ring is 1. The number of nitrogens with two attached hydrogens (primary N) is 1. The lowest BCUT2D eigenvalue weighted by Gasteiger charge is -2.31. The zero-order valence-electron chi connectivity index (χ0n) is 11.7. The molecule has 2 rings (SSSR count). The van der Waals surface area contributed by atoms with Crippen LogP contribution in [0.15, 0.2) is 23.1 Å². The molecule has 1 aliphatic rings. The van der Waals surface area contributed by atoms with E-state index < -0.39 is 10.0 Å². The zero-order chi connectivity index (χ0) is 14.9. The summed E-state index contributed by atoms with van der Waals surface area (Å²) >= 11 is 0. The highest BCUT2D eigenvalue weighted by Gasteiger charge is 2.31. The number of likely N-dealkylation sites (N-methyl/N-ethyl adjacent to an activating group) is 1. The van der Waals surface area contributed by atoms with E-state index in [0.717, 1.165) is 12.0 Å². The smallest absolute Gasteiger partial charge is 0.243 e. The second-order valence-corrected chi connectivity index (χ2v) is 6.81. The Bertz CT molecular complexity index is 628. The van der Waals surface area contributed by atoms with Gasteiger partial charge in [-0.05, 0) is 24.1 Å². The van der Waals surface area contributed by atoms with E-state index in [1.165, 1.54) is 15.3 Å². The largest absolute Gasteiger partial charge is 0.398 e. The van der Waals surface area contributed by atoms with Gasteiger partial charge in [-0.2, -0.15) is 4.31 Å². The number of sulfonamides is 1. The summed E-state index contributed by atoms with van der Waals surface area (Å²) in [7, 11) is -1.99. The van der Waals surface area contributed by atoms with Gasteiger partial charge in [0.25, 0.3) is 0 Å². The fraction of sp³-hybridized carbons (Fsp3) is 0.462. The Morgan fingerprint density at radius 1 is 1.30 bits per heavy atom. The average molecular weight is 297 g/mol. The second-order valence-electron chi connectivity index (χ2n) is 4.87. The summed E-state index contributed by atoms with van der Waals surface area (Å²) in [6.07, 6.45) is 0.749. The maximum atomic E-state index is 12.5. The molecule has 2 N–H and O–H groups in total. The summed E-state index contributed by atoms with van der Waals surface area (Å²) < 4.78 is 26.2. The fourth-order valence-corrected chi connectivity index (χ4v) is 3.56. The van der Waals surface area contributed by atoms with Gasteiger partial charge in [0.15, 0.2) is 0 Å². The van der Waals surface area contributed by atoms with Crippen LogP contribution in [0.2, 0.25) is 0 Å². The lowest BCUT2D eigenvalue weighted by Crippen LogP contribution is -2.50. The summed E-state index contributed by atoms with van der Waals surface area (Å²) in [4.78, 5) is 13.3. The number of nitrogens with zero attached hydrogens (tertiary/aromatic N) is 2. The number of amides is 1. The first-order valence-corrected chi connectivity index (χ1v) is 7.92. The van der Waals surface area contributed by atoms with E-state index in [9.17, 15) is 13.2 Å².